The number of nitrogens with one attached hydrogen (secondary N) is 1. The number of hydrogen-bond donors (Lipinski definition) is 2. The maximum absolute atomic E-state index is 12.1. The maximum atomic E-state index is 12.1. The molecule has 0 saturated heterocycles. The molecule has 1 aliphatic carbocycles. The van der Waals surface area contributed by atoms with E-state index in [0.717, 1.165) is 6.42 Å². The van der Waals surface area contributed by atoms with E-state index in [0.29, 0.717) is 12.3 Å². The summed E-state index contributed by atoms with van der Waals surface area (Å²) < 4.78 is 10.1. The van der Waals surface area contributed by atoms with Crippen molar-refractivity contribution in [3.05, 3.63) is 0 Å². The zero-order valence-electron chi connectivity index (χ0n) is 16.0. The van der Waals surface area contributed by atoms with Crippen LogP contribution in [0, 0.1) is 23.7 Å². The summed E-state index contributed by atoms with van der Waals surface area (Å²) in [5.41, 5.74) is -0.596. The van der Waals surface area contributed by atoms with Crippen LogP contribution >= 0.6 is 0 Å². The Bertz CT molecular complexity index is 445. The molecule has 6 nitrogen and oxygen atoms in total. The molecule has 0 aromatic rings. The number of aliphatic hydroxyl groups is 1. The van der Waals surface area contributed by atoms with E-state index in [-0.39, 0.29) is 17.9 Å². The zero-order chi connectivity index (χ0) is 18.7. The van der Waals surface area contributed by atoms with Crippen molar-refractivity contribution in [2.45, 2.75) is 72.1 Å². The minimum absolute atomic E-state index is 0.152. The Kier molecular flexibility index (Phi) is 7.08. The highest BCUT2D eigenvalue weighted by molar-refractivity contribution is 5.74. The molecular formula is C18H33NO5. The van der Waals surface area contributed by atoms with Crippen LogP contribution < -0.4 is 5.32 Å². The average Bonchev–Trinajstić information content (AvgIpc) is 2.79. The normalized spacial score (nSPS) is 29.7. The van der Waals surface area contributed by atoms with Gasteiger partial charge in [0.05, 0.1) is 19.1 Å². The lowest BCUT2D eigenvalue weighted by molar-refractivity contribution is -0.149. The topological polar surface area (TPSA) is 84.9 Å². The molecule has 0 aromatic carbocycles. The van der Waals surface area contributed by atoms with Crippen LogP contribution in [-0.4, -0.2) is 42.0 Å². The second kappa shape index (κ2) is 8.19. The van der Waals surface area contributed by atoms with Crippen molar-refractivity contribution in [2.24, 2.45) is 23.7 Å². The molecule has 1 aliphatic rings. The third-order valence-electron chi connectivity index (χ3n) is 5.13. The van der Waals surface area contributed by atoms with Crippen molar-refractivity contribution >= 4 is 12.1 Å². The van der Waals surface area contributed by atoms with Gasteiger partial charge in [0.1, 0.15) is 5.60 Å². The molecule has 0 bridgehead atoms. The van der Waals surface area contributed by atoms with E-state index < -0.39 is 29.7 Å². The van der Waals surface area contributed by atoms with Crippen LogP contribution in [0.25, 0.3) is 0 Å². The van der Waals surface area contributed by atoms with E-state index in [1.807, 2.05) is 0 Å². The summed E-state index contributed by atoms with van der Waals surface area (Å²) in [6, 6.07) is -0.317. The number of aliphatic hydroxyl groups excluding tert-OH is 1. The average molecular weight is 343 g/mol. The SMILES string of the molecule is CCC(C)[C@H](C)[C@@H]1[C@H](O)[C@@H](C(=O)OC)C[C@H]1NC(=O)OC(C)(C)C. The number of rotatable bonds is 5. The van der Waals surface area contributed by atoms with Crippen LogP contribution in [0.3, 0.4) is 0 Å². The van der Waals surface area contributed by atoms with Crippen molar-refractivity contribution in [1.82, 2.24) is 5.32 Å². The van der Waals surface area contributed by atoms with Gasteiger partial charge < -0.3 is 19.9 Å². The van der Waals surface area contributed by atoms with Gasteiger partial charge >= 0.3 is 12.1 Å². The third-order valence-corrected chi connectivity index (χ3v) is 5.13. The smallest absolute Gasteiger partial charge is 0.407 e. The standard InChI is InChI=1S/C18H33NO5/c1-8-10(2)11(3)14-13(19-17(22)24-18(4,5)6)9-12(15(14)20)16(21)23-7/h10-15,20H,8-9H2,1-7H3,(H,19,22)/t10?,11-,12-,13+,14-,15+/m0/s1. The Morgan fingerprint density at radius 1 is 1.29 bits per heavy atom. The van der Waals surface area contributed by atoms with Gasteiger partial charge in [-0.05, 0) is 39.0 Å². The molecule has 1 unspecified atom stereocenters. The predicted octanol–water partition coefficient (Wildman–Crippen LogP) is 2.73. The first-order valence-electron chi connectivity index (χ1n) is 8.77. The molecule has 1 saturated carbocycles. The lowest BCUT2D eigenvalue weighted by Gasteiger charge is -2.33. The molecule has 2 N–H and O–H groups in total. The first-order valence-corrected chi connectivity index (χ1v) is 8.77. The van der Waals surface area contributed by atoms with E-state index in [9.17, 15) is 14.7 Å². The number of ether oxygens (including phenoxy) is 2. The number of amides is 1. The molecule has 6 atom stereocenters. The summed E-state index contributed by atoms with van der Waals surface area (Å²) in [5, 5.41) is 13.5. The number of hydrogen-bond acceptors (Lipinski definition) is 5. The summed E-state index contributed by atoms with van der Waals surface area (Å²) in [6.45, 7) is 11.7. The lowest BCUT2D eigenvalue weighted by atomic mass is 9.78. The van der Waals surface area contributed by atoms with Crippen molar-refractivity contribution in [2.75, 3.05) is 7.11 Å². The fourth-order valence-corrected chi connectivity index (χ4v) is 3.51. The van der Waals surface area contributed by atoms with Crippen LogP contribution in [0.5, 0.6) is 0 Å². The Balaban J connectivity index is 2.95. The van der Waals surface area contributed by atoms with Gasteiger partial charge in [0.15, 0.2) is 0 Å². The van der Waals surface area contributed by atoms with E-state index in [4.69, 9.17) is 9.47 Å². The minimum Gasteiger partial charge on any atom is -0.469 e. The fraction of sp³-hybridized carbons (Fsp3) is 0.889. The summed E-state index contributed by atoms with van der Waals surface area (Å²) >= 11 is 0. The molecule has 6 heteroatoms. The van der Waals surface area contributed by atoms with Crippen LogP contribution in [0.2, 0.25) is 0 Å². The quantitative estimate of drug-likeness (QED) is 0.750. The van der Waals surface area contributed by atoms with Crippen LogP contribution in [0.15, 0.2) is 0 Å². The third kappa shape index (κ3) is 5.10. The Morgan fingerprint density at radius 2 is 1.88 bits per heavy atom. The lowest BCUT2D eigenvalue weighted by Crippen LogP contribution is -2.45. The molecule has 1 fully saturated rings. The highest BCUT2D eigenvalue weighted by Gasteiger charge is 2.49. The first kappa shape index (κ1) is 20.7. The van der Waals surface area contributed by atoms with E-state index >= 15 is 0 Å². The van der Waals surface area contributed by atoms with Crippen LogP contribution in [0.1, 0.15) is 54.4 Å². The first-order chi connectivity index (χ1) is 11.0. The second-order valence-corrected chi connectivity index (χ2v) is 7.93. The summed E-state index contributed by atoms with van der Waals surface area (Å²) in [6.07, 6.45) is -0.0294. The molecule has 1 rings (SSSR count). The molecule has 0 spiro atoms. The second-order valence-electron chi connectivity index (χ2n) is 7.93. The maximum Gasteiger partial charge on any atom is 0.407 e. The largest absolute Gasteiger partial charge is 0.469 e. The molecular weight excluding hydrogens is 310 g/mol. The molecule has 0 aromatic heterocycles. The number of methoxy groups -OCH3 is 1. The molecule has 0 aliphatic heterocycles. The zero-order valence-corrected chi connectivity index (χ0v) is 16.0. The highest BCUT2D eigenvalue weighted by atomic mass is 16.6. The molecule has 1 amide bonds. The number of esters is 1. The molecule has 140 valence electrons. The summed E-state index contributed by atoms with van der Waals surface area (Å²) in [7, 11) is 1.32. The van der Waals surface area contributed by atoms with Crippen molar-refractivity contribution < 1.29 is 24.2 Å². The number of carbonyl (C=O) groups is 2. The van der Waals surface area contributed by atoms with Crippen molar-refractivity contribution in [1.29, 1.82) is 0 Å². The van der Waals surface area contributed by atoms with Crippen molar-refractivity contribution in [3.8, 4) is 0 Å². The van der Waals surface area contributed by atoms with Gasteiger partial charge in [0, 0.05) is 12.0 Å². The highest BCUT2D eigenvalue weighted by Crippen LogP contribution is 2.40. The van der Waals surface area contributed by atoms with Gasteiger partial charge in [0.2, 0.25) is 0 Å². The van der Waals surface area contributed by atoms with Crippen LogP contribution in [-0.2, 0) is 14.3 Å². The van der Waals surface area contributed by atoms with Crippen molar-refractivity contribution in [3.63, 3.8) is 0 Å². The summed E-state index contributed by atoms with van der Waals surface area (Å²) in [5.74, 6) is -0.746. The van der Waals surface area contributed by atoms with E-state index in [1.165, 1.54) is 7.11 Å². The van der Waals surface area contributed by atoms with Gasteiger partial charge in [0.25, 0.3) is 0 Å². The van der Waals surface area contributed by atoms with E-state index in [2.05, 4.69) is 26.1 Å². The Labute approximate surface area is 145 Å². The minimum atomic E-state index is -0.832. The monoisotopic (exact) mass is 343 g/mol. The Hall–Kier alpha value is -1.30. The fourth-order valence-electron chi connectivity index (χ4n) is 3.51. The molecule has 24 heavy (non-hydrogen) atoms. The van der Waals surface area contributed by atoms with Crippen LogP contribution in [0.4, 0.5) is 4.79 Å². The molecule has 0 heterocycles. The number of alkyl carbamates (subject to hydrolysis) is 1. The Morgan fingerprint density at radius 3 is 2.33 bits per heavy atom. The van der Waals surface area contributed by atoms with E-state index in [1.54, 1.807) is 20.8 Å². The number of carbonyl (C=O) groups excluding carboxylic acids is 2. The van der Waals surface area contributed by atoms with Gasteiger partial charge in [-0.2, -0.15) is 0 Å². The van der Waals surface area contributed by atoms with Gasteiger partial charge in [-0.25, -0.2) is 4.79 Å². The van der Waals surface area contributed by atoms with Gasteiger partial charge in [-0.1, -0.05) is 27.2 Å². The van der Waals surface area contributed by atoms with Gasteiger partial charge in [-0.15, -0.1) is 0 Å². The predicted molar refractivity (Wildman–Crippen MR) is 91.4 cm³/mol. The summed E-state index contributed by atoms with van der Waals surface area (Å²) in [4.78, 5) is 24.1. The molecule has 0 radical (unpaired) electrons. The van der Waals surface area contributed by atoms with Gasteiger partial charge in [-0.3, -0.25) is 4.79 Å².